The maximum absolute atomic E-state index is 12.8. The van der Waals surface area contributed by atoms with Crippen LogP contribution in [0.5, 0.6) is 5.75 Å². The fourth-order valence-corrected chi connectivity index (χ4v) is 4.18. The summed E-state index contributed by atoms with van der Waals surface area (Å²) < 4.78 is 16.2. The van der Waals surface area contributed by atoms with Crippen molar-refractivity contribution in [1.82, 2.24) is 19.9 Å². The molecule has 186 valence electrons. The lowest BCUT2D eigenvalue weighted by Crippen LogP contribution is -2.47. The quantitative estimate of drug-likeness (QED) is 0.290. The number of nitro groups is 1. The highest BCUT2D eigenvalue weighted by molar-refractivity contribution is 5.92. The maximum Gasteiger partial charge on any atom is 0.270 e. The van der Waals surface area contributed by atoms with Crippen molar-refractivity contribution in [3.63, 3.8) is 0 Å². The molecule has 0 spiro atoms. The van der Waals surface area contributed by atoms with Gasteiger partial charge in [0.05, 0.1) is 18.1 Å². The lowest BCUT2D eigenvalue weighted by molar-refractivity contribution is -0.385. The van der Waals surface area contributed by atoms with Gasteiger partial charge in [-0.2, -0.15) is 4.98 Å². The van der Waals surface area contributed by atoms with Crippen LogP contribution in [-0.4, -0.2) is 63.7 Å². The number of carbonyl (C=O) groups is 1. The predicted octanol–water partition coefficient (Wildman–Crippen LogP) is 3.18. The zero-order valence-corrected chi connectivity index (χ0v) is 19.8. The van der Waals surface area contributed by atoms with Gasteiger partial charge in [-0.1, -0.05) is 35.0 Å². The summed E-state index contributed by atoms with van der Waals surface area (Å²) in [6, 6.07) is 10.8. The van der Waals surface area contributed by atoms with Gasteiger partial charge in [-0.25, -0.2) is 0 Å². The highest BCUT2D eigenvalue weighted by Gasteiger charge is 2.23. The van der Waals surface area contributed by atoms with Crippen molar-refractivity contribution in [2.45, 2.75) is 20.1 Å². The molecule has 0 aliphatic carbocycles. The fraction of sp³-hybridized carbons (Fsp3) is 0.320. The zero-order chi connectivity index (χ0) is 25.1. The van der Waals surface area contributed by atoms with Crippen molar-refractivity contribution in [2.75, 3.05) is 33.0 Å². The molecule has 2 aliphatic rings. The van der Waals surface area contributed by atoms with E-state index in [1.807, 2.05) is 31.2 Å². The predicted molar refractivity (Wildman–Crippen MR) is 129 cm³/mol. The van der Waals surface area contributed by atoms with Gasteiger partial charge < -0.3 is 18.9 Å². The Morgan fingerprint density at radius 1 is 1.17 bits per heavy atom. The number of nitro benzene ring substituents is 1. The Balaban J connectivity index is 1.18. The summed E-state index contributed by atoms with van der Waals surface area (Å²) in [5, 5.41) is 15.4. The molecule has 0 unspecified atom stereocenters. The Morgan fingerprint density at radius 2 is 1.94 bits per heavy atom. The summed E-state index contributed by atoms with van der Waals surface area (Å²) in [5.41, 5.74) is 3.06. The molecule has 3 heterocycles. The van der Waals surface area contributed by atoms with Crippen molar-refractivity contribution in [2.24, 2.45) is 0 Å². The van der Waals surface area contributed by atoms with Gasteiger partial charge in [0.2, 0.25) is 17.6 Å². The summed E-state index contributed by atoms with van der Waals surface area (Å²) in [6.45, 7) is 5.22. The van der Waals surface area contributed by atoms with Crippen LogP contribution in [0.3, 0.4) is 0 Å². The molecule has 0 N–H and O–H groups in total. The molecule has 1 amide bonds. The molecule has 3 aromatic rings. The van der Waals surface area contributed by atoms with E-state index in [1.165, 1.54) is 18.2 Å². The summed E-state index contributed by atoms with van der Waals surface area (Å²) >= 11 is 0. The molecule has 1 fully saturated rings. The number of non-ortho nitro benzene ring substituents is 1. The minimum Gasteiger partial charge on any atom is -0.467 e. The molecule has 11 nitrogen and oxygen atoms in total. The number of nitrogens with zero attached hydrogens (tertiary/aromatic N) is 5. The first-order valence-corrected chi connectivity index (χ1v) is 11.6. The van der Waals surface area contributed by atoms with E-state index < -0.39 is 4.92 Å². The van der Waals surface area contributed by atoms with E-state index in [0.29, 0.717) is 61.3 Å². The molecule has 2 aliphatic heterocycles. The van der Waals surface area contributed by atoms with Crippen LogP contribution in [0.4, 0.5) is 5.69 Å². The number of rotatable bonds is 6. The summed E-state index contributed by atoms with van der Waals surface area (Å²) in [6.07, 6.45) is 3.00. The largest absolute Gasteiger partial charge is 0.467 e. The second-order valence-electron chi connectivity index (χ2n) is 8.70. The second kappa shape index (κ2) is 10.3. The Bertz CT molecular complexity index is 1290. The number of amides is 1. The first-order chi connectivity index (χ1) is 17.5. The van der Waals surface area contributed by atoms with E-state index in [4.69, 9.17) is 14.0 Å². The van der Waals surface area contributed by atoms with Crippen LogP contribution in [0.25, 0.3) is 17.5 Å². The smallest absolute Gasteiger partial charge is 0.270 e. The Hall–Kier alpha value is -4.09. The topological polar surface area (TPSA) is 124 Å². The second-order valence-corrected chi connectivity index (χ2v) is 8.70. The number of piperazine rings is 1. The number of aryl methyl sites for hydroxylation is 1. The molecule has 36 heavy (non-hydrogen) atoms. The lowest BCUT2D eigenvalue weighted by Gasteiger charge is -2.33. The SMILES string of the molecule is Cc1ccc(-c2noc(CN3CCN(C(=O)/C=C/c4cc([N+](=O)[O-])cc5c4OCOC5)CC3)n2)cc1. The van der Waals surface area contributed by atoms with E-state index in [1.54, 1.807) is 11.0 Å². The van der Waals surface area contributed by atoms with Crippen molar-refractivity contribution in [3.05, 3.63) is 75.2 Å². The normalized spacial score (nSPS) is 16.1. The van der Waals surface area contributed by atoms with Crippen molar-refractivity contribution in [3.8, 4) is 17.1 Å². The van der Waals surface area contributed by atoms with Crippen LogP contribution >= 0.6 is 0 Å². The Kier molecular flexibility index (Phi) is 6.74. The van der Waals surface area contributed by atoms with Crippen molar-refractivity contribution >= 4 is 17.7 Å². The number of fused-ring (bicyclic) bond motifs is 1. The van der Waals surface area contributed by atoms with Crippen molar-refractivity contribution in [1.29, 1.82) is 0 Å². The lowest BCUT2D eigenvalue weighted by atomic mass is 10.1. The van der Waals surface area contributed by atoms with Gasteiger partial charge in [-0.05, 0) is 13.0 Å². The van der Waals surface area contributed by atoms with Gasteiger partial charge in [-0.15, -0.1) is 0 Å². The van der Waals surface area contributed by atoms with Gasteiger partial charge in [0.1, 0.15) is 5.75 Å². The van der Waals surface area contributed by atoms with Crippen LogP contribution in [0.1, 0.15) is 22.6 Å². The molecule has 0 bridgehead atoms. The number of ether oxygens (including phenoxy) is 2. The average Bonchev–Trinajstić information content (AvgIpc) is 3.36. The highest BCUT2D eigenvalue weighted by atomic mass is 16.7. The average molecular weight is 492 g/mol. The Labute approximate surface area is 207 Å². The summed E-state index contributed by atoms with van der Waals surface area (Å²) in [4.78, 5) is 32.0. The minimum atomic E-state index is -0.472. The van der Waals surface area contributed by atoms with E-state index in [-0.39, 0.29) is 25.0 Å². The molecule has 11 heteroatoms. The molecule has 1 aromatic heterocycles. The number of aromatic nitrogens is 2. The molecule has 0 atom stereocenters. The first-order valence-electron chi connectivity index (χ1n) is 11.6. The van der Waals surface area contributed by atoms with Crippen LogP contribution in [0.15, 0.2) is 47.0 Å². The third-order valence-electron chi connectivity index (χ3n) is 6.16. The van der Waals surface area contributed by atoms with E-state index in [9.17, 15) is 14.9 Å². The number of benzene rings is 2. The highest BCUT2D eigenvalue weighted by Crippen LogP contribution is 2.33. The van der Waals surface area contributed by atoms with Gasteiger partial charge >= 0.3 is 0 Å². The molecule has 0 radical (unpaired) electrons. The molecule has 0 saturated carbocycles. The van der Waals surface area contributed by atoms with Gasteiger partial charge in [0.15, 0.2) is 6.79 Å². The zero-order valence-electron chi connectivity index (χ0n) is 19.8. The number of carbonyl (C=O) groups excluding carboxylic acids is 1. The van der Waals surface area contributed by atoms with Gasteiger partial charge in [-0.3, -0.25) is 19.8 Å². The first kappa shape index (κ1) is 23.6. The standard InChI is InChI=1S/C25H25N5O6/c1-17-2-4-18(5-3-17)25-26-22(36-27-25)14-28-8-10-29(11-9-28)23(31)7-6-19-12-21(30(32)33)13-20-15-34-16-35-24(19)20/h2-7,12-13H,8-11,14-16H2,1H3/b7-6+. The monoisotopic (exact) mass is 491 g/mol. The van der Waals surface area contributed by atoms with Crippen LogP contribution in [0, 0.1) is 17.0 Å². The molecular formula is C25H25N5O6. The number of hydrogen-bond acceptors (Lipinski definition) is 9. The minimum absolute atomic E-state index is 0.0636. The Morgan fingerprint density at radius 3 is 2.69 bits per heavy atom. The maximum atomic E-state index is 12.8. The van der Waals surface area contributed by atoms with Gasteiger partial charge in [0, 0.05) is 61.1 Å². The third kappa shape index (κ3) is 5.26. The molecule has 5 rings (SSSR count). The van der Waals surface area contributed by atoms with Crippen LogP contribution in [-0.2, 0) is 22.7 Å². The van der Waals surface area contributed by atoms with E-state index >= 15 is 0 Å². The van der Waals surface area contributed by atoms with Crippen molar-refractivity contribution < 1.29 is 23.7 Å². The molecular weight excluding hydrogens is 466 g/mol. The number of hydrogen-bond donors (Lipinski definition) is 0. The van der Waals surface area contributed by atoms with E-state index in [2.05, 4.69) is 15.0 Å². The summed E-state index contributed by atoms with van der Waals surface area (Å²) in [5.74, 6) is 1.43. The van der Waals surface area contributed by atoms with Crippen LogP contribution in [0.2, 0.25) is 0 Å². The van der Waals surface area contributed by atoms with Crippen LogP contribution < -0.4 is 4.74 Å². The van der Waals surface area contributed by atoms with E-state index in [0.717, 1.165) is 11.1 Å². The molecule has 1 saturated heterocycles. The van der Waals surface area contributed by atoms with Gasteiger partial charge in [0.25, 0.3) is 5.69 Å². The molecule has 2 aromatic carbocycles. The third-order valence-corrected chi connectivity index (χ3v) is 6.16. The summed E-state index contributed by atoms with van der Waals surface area (Å²) in [7, 11) is 0. The fourth-order valence-electron chi connectivity index (χ4n) is 4.18.